The second-order valence-corrected chi connectivity index (χ2v) is 7.25. The van der Waals surface area contributed by atoms with E-state index in [0.717, 1.165) is 25.3 Å². The van der Waals surface area contributed by atoms with Crippen LogP contribution in [-0.4, -0.2) is 24.7 Å². The summed E-state index contributed by atoms with van der Waals surface area (Å²) in [6.07, 6.45) is 5.92. The van der Waals surface area contributed by atoms with Gasteiger partial charge in [0.25, 0.3) is 0 Å². The van der Waals surface area contributed by atoms with Gasteiger partial charge in [0.1, 0.15) is 5.54 Å². The molecule has 2 aliphatic carbocycles. The average Bonchev–Trinajstić information content (AvgIpc) is 3.20. The summed E-state index contributed by atoms with van der Waals surface area (Å²) in [6.45, 7) is 10.1. The summed E-state index contributed by atoms with van der Waals surface area (Å²) in [5.74, 6) is 2.29. The van der Waals surface area contributed by atoms with Crippen molar-refractivity contribution in [2.24, 2.45) is 23.7 Å². The van der Waals surface area contributed by atoms with Crippen LogP contribution < -0.4 is 5.32 Å². The lowest BCUT2D eigenvalue weighted by Gasteiger charge is -2.47. The third-order valence-corrected chi connectivity index (χ3v) is 5.12. The Kier molecular flexibility index (Phi) is 5.11. The Balaban J connectivity index is 2.20. The van der Waals surface area contributed by atoms with Crippen LogP contribution >= 0.6 is 0 Å². The largest absolute Gasteiger partial charge is 0.465 e. The average molecular weight is 281 g/mol. The molecule has 116 valence electrons. The van der Waals surface area contributed by atoms with E-state index >= 15 is 0 Å². The molecule has 2 saturated carbocycles. The van der Waals surface area contributed by atoms with Gasteiger partial charge in [0.15, 0.2) is 0 Å². The molecule has 1 N–H and O–H groups in total. The quantitative estimate of drug-likeness (QED) is 0.759. The minimum absolute atomic E-state index is 0.00843. The zero-order valence-corrected chi connectivity index (χ0v) is 13.6. The summed E-state index contributed by atoms with van der Waals surface area (Å²) in [4.78, 5) is 12.7. The summed E-state index contributed by atoms with van der Waals surface area (Å²) in [6, 6.07) is 0. The Morgan fingerprint density at radius 1 is 1.30 bits per heavy atom. The van der Waals surface area contributed by atoms with Crippen LogP contribution in [0, 0.1) is 23.7 Å². The van der Waals surface area contributed by atoms with Crippen molar-refractivity contribution in [2.45, 2.75) is 65.3 Å². The summed E-state index contributed by atoms with van der Waals surface area (Å²) >= 11 is 0. The maximum atomic E-state index is 12.7. The lowest BCUT2D eigenvalue weighted by atomic mass is 9.64. The first-order valence-corrected chi connectivity index (χ1v) is 8.41. The van der Waals surface area contributed by atoms with E-state index in [2.05, 4.69) is 26.1 Å². The van der Waals surface area contributed by atoms with Gasteiger partial charge in [-0.1, -0.05) is 27.2 Å². The highest BCUT2D eigenvalue weighted by molar-refractivity contribution is 5.81. The monoisotopic (exact) mass is 281 g/mol. The maximum Gasteiger partial charge on any atom is 0.326 e. The molecule has 2 rings (SSSR count). The van der Waals surface area contributed by atoms with Gasteiger partial charge in [0, 0.05) is 0 Å². The topological polar surface area (TPSA) is 38.3 Å². The first kappa shape index (κ1) is 15.8. The fourth-order valence-corrected chi connectivity index (χ4v) is 3.83. The molecule has 3 nitrogen and oxygen atoms in total. The van der Waals surface area contributed by atoms with Gasteiger partial charge in [0.05, 0.1) is 6.61 Å². The number of rotatable bonds is 6. The second kappa shape index (κ2) is 6.46. The van der Waals surface area contributed by atoms with Crippen molar-refractivity contribution in [3.8, 4) is 0 Å². The van der Waals surface area contributed by atoms with E-state index < -0.39 is 5.54 Å². The third kappa shape index (κ3) is 3.36. The molecule has 20 heavy (non-hydrogen) atoms. The Morgan fingerprint density at radius 3 is 2.55 bits per heavy atom. The van der Waals surface area contributed by atoms with Crippen LogP contribution in [0.25, 0.3) is 0 Å². The molecule has 0 aromatic rings. The predicted octanol–water partition coefficient (Wildman–Crippen LogP) is 3.38. The maximum absolute atomic E-state index is 12.7. The molecular formula is C17H31NO2. The highest BCUT2D eigenvalue weighted by Crippen LogP contribution is 2.42. The van der Waals surface area contributed by atoms with Crippen LogP contribution in [0.4, 0.5) is 0 Å². The number of esters is 1. The van der Waals surface area contributed by atoms with Gasteiger partial charge in [0.2, 0.25) is 0 Å². The van der Waals surface area contributed by atoms with E-state index in [0.29, 0.717) is 24.4 Å². The fraction of sp³-hybridized carbons (Fsp3) is 0.941. The summed E-state index contributed by atoms with van der Waals surface area (Å²) in [5, 5.41) is 3.67. The van der Waals surface area contributed by atoms with Gasteiger partial charge in [-0.05, 0) is 62.8 Å². The molecule has 3 atom stereocenters. The molecule has 0 amide bonds. The zero-order chi connectivity index (χ0) is 14.8. The molecule has 2 fully saturated rings. The number of hydrogen-bond acceptors (Lipinski definition) is 3. The SMILES string of the molecule is CCOC(=O)C1(NCC2CC2)CC(C)CCC1C(C)C. The minimum Gasteiger partial charge on any atom is -0.465 e. The highest BCUT2D eigenvalue weighted by atomic mass is 16.5. The van der Waals surface area contributed by atoms with Gasteiger partial charge in [-0.15, -0.1) is 0 Å². The van der Waals surface area contributed by atoms with Gasteiger partial charge in [-0.3, -0.25) is 4.79 Å². The van der Waals surface area contributed by atoms with Crippen molar-refractivity contribution >= 4 is 5.97 Å². The Labute approximate surface area is 123 Å². The molecule has 0 heterocycles. The van der Waals surface area contributed by atoms with Crippen molar-refractivity contribution < 1.29 is 9.53 Å². The standard InChI is InChI=1S/C17H31NO2/c1-5-20-16(19)17(18-11-14-7-8-14)10-13(4)6-9-15(17)12(2)3/h12-15,18H,5-11H2,1-4H3. The number of nitrogens with one attached hydrogen (secondary N) is 1. The van der Waals surface area contributed by atoms with Crippen molar-refractivity contribution in [3.63, 3.8) is 0 Å². The van der Waals surface area contributed by atoms with Gasteiger partial charge < -0.3 is 10.1 Å². The highest BCUT2D eigenvalue weighted by Gasteiger charge is 2.51. The van der Waals surface area contributed by atoms with E-state index in [4.69, 9.17) is 4.74 Å². The third-order valence-electron chi connectivity index (χ3n) is 5.12. The molecule has 3 heteroatoms. The van der Waals surface area contributed by atoms with Crippen LogP contribution in [0.1, 0.15) is 59.8 Å². The molecule has 0 aliphatic heterocycles. The molecule has 0 aromatic carbocycles. The van der Waals surface area contributed by atoms with Crippen LogP contribution in [0.15, 0.2) is 0 Å². The number of ether oxygens (including phenoxy) is 1. The van der Waals surface area contributed by atoms with Crippen molar-refractivity contribution in [1.82, 2.24) is 5.32 Å². The minimum atomic E-state index is -0.440. The molecular weight excluding hydrogens is 250 g/mol. The number of carbonyl (C=O) groups is 1. The van der Waals surface area contributed by atoms with Gasteiger partial charge in [-0.2, -0.15) is 0 Å². The molecule has 0 aromatic heterocycles. The summed E-state index contributed by atoms with van der Waals surface area (Å²) in [7, 11) is 0. The smallest absolute Gasteiger partial charge is 0.326 e. The van der Waals surface area contributed by atoms with E-state index in [-0.39, 0.29) is 5.97 Å². The Bertz CT molecular complexity index is 338. The predicted molar refractivity (Wildman–Crippen MR) is 81.4 cm³/mol. The summed E-state index contributed by atoms with van der Waals surface area (Å²) < 4.78 is 5.46. The van der Waals surface area contributed by atoms with Crippen LogP contribution in [0.3, 0.4) is 0 Å². The molecule has 0 saturated heterocycles. The van der Waals surface area contributed by atoms with Crippen molar-refractivity contribution in [2.75, 3.05) is 13.2 Å². The number of carbonyl (C=O) groups excluding carboxylic acids is 1. The molecule has 0 spiro atoms. The van der Waals surface area contributed by atoms with E-state index in [1.807, 2.05) is 6.92 Å². The molecule has 0 radical (unpaired) electrons. The van der Waals surface area contributed by atoms with Crippen LogP contribution in [0.5, 0.6) is 0 Å². The number of hydrogen-bond donors (Lipinski definition) is 1. The zero-order valence-electron chi connectivity index (χ0n) is 13.6. The lowest BCUT2D eigenvalue weighted by molar-refractivity contribution is -0.158. The van der Waals surface area contributed by atoms with Crippen LogP contribution in [0.2, 0.25) is 0 Å². The first-order chi connectivity index (χ1) is 9.49. The van der Waals surface area contributed by atoms with E-state index in [1.165, 1.54) is 19.3 Å². The van der Waals surface area contributed by atoms with Crippen molar-refractivity contribution in [3.05, 3.63) is 0 Å². The van der Waals surface area contributed by atoms with Gasteiger partial charge >= 0.3 is 5.97 Å². The Morgan fingerprint density at radius 2 is 2.00 bits per heavy atom. The molecule has 0 bridgehead atoms. The van der Waals surface area contributed by atoms with E-state index in [9.17, 15) is 4.79 Å². The molecule has 3 unspecified atom stereocenters. The summed E-state index contributed by atoms with van der Waals surface area (Å²) in [5.41, 5.74) is -0.440. The molecule has 2 aliphatic rings. The van der Waals surface area contributed by atoms with E-state index in [1.54, 1.807) is 0 Å². The second-order valence-electron chi connectivity index (χ2n) is 7.25. The first-order valence-electron chi connectivity index (χ1n) is 8.41. The van der Waals surface area contributed by atoms with Crippen molar-refractivity contribution in [1.29, 1.82) is 0 Å². The fourth-order valence-electron chi connectivity index (χ4n) is 3.83. The normalized spacial score (nSPS) is 34.2. The lowest BCUT2D eigenvalue weighted by Crippen LogP contribution is -2.62. The van der Waals surface area contributed by atoms with Crippen LogP contribution in [-0.2, 0) is 9.53 Å². The Hall–Kier alpha value is -0.570. The van der Waals surface area contributed by atoms with Gasteiger partial charge in [-0.25, -0.2) is 0 Å².